The molecule has 0 spiro atoms. The number of aromatic nitrogens is 1. The van der Waals surface area contributed by atoms with Gasteiger partial charge in [-0.05, 0) is 18.1 Å². The summed E-state index contributed by atoms with van der Waals surface area (Å²) in [5.74, 6) is 0. The largest absolute Gasteiger partial charge is 0.350 e. The lowest BCUT2D eigenvalue weighted by molar-refractivity contribution is 0.583. The van der Waals surface area contributed by atoms with Crippen LogP contribution in [0.4, 0.5) is 0 Å². The van der Waals surface area contributed by atoms with E-state index in [0.717, 1.165) is 6.42 Å². The highest BCUT2D eigenvalue weighted by atomic mass is 14.9. The maximum absolute atomic E-state index is 6.30. The molecule has 2 N–H and O–H groups in total. The van der Waals surface area contributed by atoms with Crippen molar-refractivity contribution in [2.24, 2.45) is 12.8 Å². The van der Waals surface area contributed by atoms with Gasteiger partial charge in [0.05, 0.1) is 0 Å². The minimum Gasteiger partial charge on any atom is -0.350 e. The summed E-state index contributed by atoms with van der Waals surface area (Å²) in [4.78, 5) is 0. The molecule has 2 nitrogen and oxygen atoms in total. The van der Waals surface area contributed by atoms with Gasteiger partial charge in [0.25, 0.3) is 0 Å². The van der Waals surface area contributed by atoms with Crippen LogP contribution >= 0.6 is 0 Å². The van der Waals surface area contributed by atoms with Gasteiger partial charge in [-0.15, -0.1) is 0 Å². The predicted molar refractivity (Wildman–Crippen MR) is 74.0 cm³/mol. The normalized spacial score (nSPS) is 13.1. The average Bonchev–Trinajstić information content (AvgIpc) is 2.68. The zero-order valence-electron chi connectivity index (χ0n) is 10.8. The number of rotatable bonds is 5. The number of benzene rings is 1. The van der Waals surface area contributed by atoms with Gasteiger partial charge in [-0.3, -0.25) is 0 Å². The van der Waals surface area contributed by atoms with E-state index in [9.17, 15) is 0 Å². The Labute approximate surface area is 103 Å². The van der Waals surface area contributed by atoms with Crippen LogP contribution in [0.1, 0.15) is 44.2 Å². The van der Waals surface area contributed by atoms with Crippen molar-refractivity contribution in [3.05, 3.63) is 36.0 Å². The summed E-state index contributed by atoms with van der Waals surface area (Å²) in [5.41, 5.74) is 8.86. The predicted octanol–water partition coefficient (Wildman–Crippen LogP) is 3.76. The van der Waals surface area contributed by atoms with Crippen molar-refractivity contribution < 1.29 is 0 Å². The highest BCUT2D eigenvalue weighted by Gasteiger charge is 2.12. The van der Waals surface area contributed by atoms with Gasteiger partial charge in [-0.1, -0.05) is 44.4 Å². The molecule has 0 fully saturated rings. The lowest BCUT2D eigenvalue weighted by atomic mass is 10.0. The number of nitrogens with zero attached hydrogens (tertiary/aromatic N) is 1. The van der Waals surface area contributed by atoms with Crippen molar-refractivity contribution in [1.29, 1.82) is 0 Å². The fraction of sp³-hybridized carbons (Fsp3) is 0.467. The molecule has 2 rings (SSSR count). The number of hydrogen-bond donors (Lipinski definition) is 1. The molecular formula is C15H22N2. The smallest absolute Gasteiger partial charge is 0.0481 e. The highest BCUT2D eigenvalue weighted by Crippen LogP contribution is 2.27. The fourth-order valence-electron chi connectivity index (χ4n) is 2.44. The van der Waals surface area contributed by atoms with E-state index in [4.69, 9.17) is 5.73 Å². The van der Waals surface area contributed by atoms with Crippen LogP contribution in [0.25, 0.3) is 10.9 Å². The van der Waals surface area contributed by atoms with Gasteiger partial charge in [-0.2, -0.15) is 0 Å². The zero-order valence-corrected chi connectivity index (χ0v) is 10.8. The van der Waals surface area contributed by atoms with Crippen LogP contribution in [0, 0.1) is 0 Å². The Morgan fingerprint density at radius 1 is 1.24 bits per heavy atom. The summed E-state index contributed by atoms with van der Waals surface area (Å²) < 4.78 is 2.17. The molecule has 0 aliphatic carbocycles. The van der Waals surface area contributed by atoms with Crippen molar-refractivity contribution in [2.45, 2.75) is 38.6 Å². The number of unbranched alkanes of at least 4 members (excludes halogenated alkanes) is 2. The first kappa shape index (κ1) is 12.2. The molecule has 1 heterocycles. The first-order chi connectivity index (χ1) is 8.24. The maximum atomic E-state index is 6.30. The Kier molecular flexibility index (Phi) is 3.85. The lowest BCUT2D eigenvalue weighted by Gasteiger charge is -2.10. The second-order valence-electron chi connectivity index (χ2n) is 4.81. The minimum absolute atomic E-state index is 0.174. The average molecular weight is 230 g/mol. The van der Waals surface area contributed by atoms with E-state index in [1.807, 2.05) is 0 Å². The zero-order chi connectivity index (χ0) is 12.3. The molecule has 1 aromatic heterocycles. The van der Waals surface area contributed by atoms with Crippen LogP contribution in [0.15, 0.2) is 30.5 Å². The number of nitrogens with two attached hydrogens (primary N) is 1. The van der Waals surface area contributed by atoms with Gasteiger partial charge in [0.15, 0.2) is 0 Å². The number of fused-ring (bicyclic) bond motifs is 1. The summed E-state index contributed by atoms with van der Waals surface area (Å²) in [5, 5.41) is 1.30. The lowest BCUT2D eigenvalue weighted by Crippen LogP contribution is -2.09. The summed E-state index contributed by atoms with van der Waals surface area (Å²) >= 11 is 0. The van der Waals surface area contributed by atoms with Crippen LogP contribution in [-0.2, 0) is 7.05 Å². The second-order valence-corrected chi connectivity index (χ2v) is 4.81. The van der Waals surface area contributed by atoms with E-state index < -0.39 is 0 Å². The van der Waals surface area contributed by atoms with Crippen molar-refractivity contribution in [3.8, 4) is 0 Å². The molecule has 2 aromatic rings. The maximum Gasteiger partial charge on any atom is 0.0481 e. The Hall–Kier alpha value is -1.28. The van der Waals surface area contributed by atoms with Crippen molar-refractivity contribution in [2.75, 3.05) is 0 Å². The van der Waals surface area contributed by atoms with Crippen LogP contribution in [0.3, 0.4) is 0 Å². The quantitative estimate of drug-likeness (QED) is 0.779. The molecule has 0 bridgehead atoms. The second kappa shape index (κ2) is 5.37. The van der Waals surface area contributed by atoms with Gasteiger partial charge in [0.2, 0.25) is 0 Å². The Morgan fingerprint density at radius 3 is 2.76 bits per heavy atom. The Balaban J connectivity index is 2.23. The summed E-state index contributed by atoms with van der Waals surface area (Å²) in [6.45, 7) is 2.23. The summed E-state index contributed by atoms with van der Waals surface area (Å²) in [6, 6.07) is 8.66. The molecule has 2 heteroatoms. The number of para-hydroxylation sites is 1. The molecule has 0 radical (unpaired) electrons. The van der Waals surface area contributed by atoms with E-state index in [2.05, 4.69) is 49.0 Å². The van der Waals surface area contributed by atoms with Gasteiger partial charge in [-0.25, -0.2) is 0 Å². The Morgan fingerprint density at radius 2 is 2.00 bits per heavy atom. The molecule has 0 amide bonds. The van der Waals surface area contributed by atoms with E-state index in [1.54, 1.807) is 0 Å². The van der Waals surface area contributed by atoms with E-state index in [1.165, 1.54) is 35.7 Å². The van der Waals surface area contributed by atoms with Crippen molar-refractivity contribution in [3.63, 3.8) is 0 Å². The van der Waals surface area contributed by atoms with Gasteiger partial charge >= 0.3 is 0 Å². The monoisotopic (exact) mass is 230 g/mol. The van der Waals surface area contributed by atoms with Crippen LogP contribution in [0.5, 0.6) is 0 Å². The highest BCUT2D eigenvalue weighted by molar-refractivity contribution is 5.84. The topological polar surface area (TPSA) is 30.9 Å². The molecule has 0 saturated heterocycles. The first-order valence-corrected chi connectivity index (χ1v) is 6.53. The van der Waals surface area contributed by atoms with E-state index in [-0.39, 0.29) is 6.04 Å². The molecule has 1 aromatic carbocycles. The third-order valence-corrected chi connectivity index (χ3v) is 3.45. The minimum atomic E-state index is 0.174. The Bertz CT molecular complexity index is 485. The summed E-state index contributed by atoms with van der Waals surface area (Å²) in [6.07, 6.45) is 7.02. The third-order valence-electron chi connectivity index (χ3n) is 3.45. The molecule has 17 heavy (non-hydrogen) atoms. The first-order valence-electron chi connectivity index (χ1n) is 6.53. The van der Waals surface area contributed by atoms with Crippen LogP contribution < -0.4 is 5.73 Å². The molecule has 92 valence electrons. The molecule has 0 saturated carbocycles. The van der Waals surface area contributed by atoms with Crippen LogP contribution in [0.2, 0.25) is 0 Å². The van der Waals surface area contributed by atoms with Gasteiger partial charge in [0.1, 0.15) is 0 Å². The number of aryl methyl sites for hydroxylation is 1. The third kappa shape index (κ3) is 2.52. The standard InChI is InChI=1S/C15H22N2/c1-3-4-5-9-14(16)13-11-17(2)15-10-7-6-8-12(13)15/h6-8,10-11,14H,3-5,9,16H2,1-2H3/t14-/m0/s1. The fourth-order valence-corrected chi connectivity index (χ4v) is 2.44. The van der Waals surface area contributed by atoms with E-state index in [0.29, 0.717) is 0 Å². The van der Waals surface area contributed by atoms with Crippen molar-refractivity contribution >= 4 is 10.9 Å². The number of hydrogen-bond acceptors (Lipinski definition) is 1. The molecular weight excluding hydrogens is 208 g/mol. The molecule has 1 atom stereocenters. The summed E-state index contributed by atoms with van der Waals surface area (Å²) in [7, 11) is 2.09. The van der Waals surface area contributed by atoms with Gasteiger partial charge in [0, 0.05) is 30.2 Å². The van der Waals surface area contributed by atoms with Crippen LogP contribution in [-0.4, -0.2) is 4.57 Å². The molecule has 0 unspecified atom stereocenters. The molecule has 0 aliphatic heterocycles. The SMILES string of the molecule is CCCCC[C@H](N)c1cn(C)c2ccccc12. The molecule has 0 aliphatic rings. The van der Waals surface area contributed by atoms with E-state index >= 15 is 0 Å². The van der Waals surface area contributed by atoms with Crippen molar-refractivity contribution in [1.82, 2.24) is 4.57 Å². The van der Waals surface area contributed by atoms with Gasteiger partial charge < -0.3 is 10.3 Å².